The van der Waals surface area contributed by atoms with Crippen LogP contribution < -0.4 is 0 Å². The Hall–Kier alpha value is -12.4. The quantitative estimate of drug-likeness (QED) is 0.124. The Labute approximate surface area is 505 Å². The molecule has 0 atom stereocenters. The van der Waals surface area contributed by atoms with Gasteiger partial charge < -0.3 is 9.13 Å². The Morgan fingerprint density at radius 2 is 0.545 bits per heavy atom. The molecule has 0 saturated heterocycles. The minimum Gasteiger partial charge on any atom is -0.307 e. The zero-order valence-corrected chi connectivity index (χ0v) is 47.1. The van der Waals surface area contributed by atoms with Crippen LogP contribution in [0, 0.1) is 11.3 Å². The van der Waals surface area contributed by atoms with E-state index in [0.717, 1.165) is 111 Å². The van der Waals surface area contributed by atoms with Crippen LogP contribution in [0.2, 0.25) is 0 Å². The summed E-state index contributed by atoms with van der Waals surface area (Å²) in [4.78, 5) is 41.2. The summed E-state index contributed by atoms with van der Waals surface area (Å²) < 4.78 is 4.58. The topological polar surface area (TPSA) is 137 Å². The highest BCUT2D eigenvalue weighted by atomic mass is 15.1. The molecule has 0 saturated carbocycles. The van der Waals surface area contributed by atoms with Gasteiger partial charge in [0, 0.05) is 71.6 Å². The fraction of sp³-hybridized carbons (Fsp3) is 0. The molecular weight excluding hydrogens is 1080 g/mol. The van der Waals surface area contributed by atoms with Gasteiger partial charge in [-0.3, -0.25) is 0 Å². The standard InChI is InChI=1S/C77H47N11/c78-48-57-45-69(87-65-37-21-19-35-58(65)61-43-55(39-41-67(61)87)75-83-71(51-27-11-3-12-28-51)81-72(84-75)52-29-13-4-14-30-52)70(46-60(57)77-79-63(49-23-7-1-8-24-49)47-64(80-77)50-25-9-2-10-26-50)88-66-38-22-20-36-59(66)62-44-56(40-42-68(62)88)76-85-73(53-31-15-5-16-32-53)82-74(86-76)54-33-17-6-18-34-54/h1-47H. The zero-order chi connectivity index (χ0) is 58.5. The van der Waals surface area contributed by atoms with Crippen molar-refractivity contribution in [3.05, 3.63) is 291 Å². The smallest absolute Gasteiger partial charge is 0.164 e. The van der Waals surface area contributed by atoms with Gasteiger partial charge in [0.05, 0.1) is 56.5 Å². The molecule has 0 N–H and O–H groups in total. The van der Waals surface area contributed by atoms with Crippen LogP contribution in [0.25, 0.3) is 157 Å². The van der Waals surface area contributed by atoms with Crippen LogP contribution >= 0.6 is 0 Å². The number of rotatable bonds is 11. The molecule has 410 valence electrons. The largest absolute Gasteiger partial charge is 0.307 e. The lowest BCUT2D eigenvalue weighted by Crippen LogP contribution is -2.06. The number of aromatic nitrogens is 10. The molecule has 11 heteroatoms. The van der Waals surface area contributed by atoms with Crippen LogP contribution in [0.1, 0.15) is 5.56 Å². The van der Waals surface area contributed by atoms with E-state index < -0.39 is 0 Å². The van der Waals surface area contributed by atoms with Crippen molar-refractivity contribution in [1.29, 1.82) is 5.26 Å². The maximum absolute atomic E-state index is 11.6. The van der Waals surface area contributed by atoms with E-state index in [2.05, 4.69) is 106 Å². The average Bonchev–Trinajstić information content (AvgIpc) is 1.67. The van der Waals surface area contributed by atoms with E-state index in [9.17, 15) is 5.26 Å². The van der Waals surface area contributed by atoms with E-state index in [1.54, 1.807) is 0 Å². The van der Waals surface area contributed by atoms with Crippen molar-refractivity contribution >= 4 is 43.6 Å². The van der Waals surface area contributed by atoms with E-state index in [1.807, 2.05) is 194 Å². The van der Waals surface area contributed by atoms with Gasteiger partial charge in [0.15, 0.2) is 40.8 Å². The maximum Gasteiger partial charge on any atom is 0.164 e. The molecule has 5 aromatic heterocycles. The molecule has 0 spiro atoms. The highest BCUT2D eigenvalue weighted by molar-refractivity contribution is 6.13. The summed E-state index contributed by atoms with van der Waals surface area (Å²) in [5, 5.41) is 15.6. The molecule has 16 rings (SSSR count). The molecule has 88 heavy (non-hydrogen) atoms. The first-order chi connectivity index (χ1) is 43.6. The van der Waals surface area contributed by atoms with Gasteiger partial charge in [0.25, 0.3) is 0 Å². The van der Waals surface area contributed by atoms with E-state index >= 15 is 0 Å². The van der Waals surface area contributed by atoms with Crippen molar-refractivity contribution in [2.75, 3.05) is 0 Å². The third-order valence-corrected chi connectivity index (χ3v) is 16.1. The Balaban J connectivity index is 0.953. The fourth-order valence-electron chi connectivity index (χ4n) is 11.9. The number of hydrogen-bond acceptors (Lipinski definition) is 9. The number of fused-ring (bicyclic) bond motifs is 6. The van der Waals surface area contributed by atoms with Crippen molar-refractivity contribution in [3.63, 3.8) is 0 Å². The molecule has 0 bridgehead atoms. The third kappa shape index (κ3) is 9.18. The second kappa shape index (κ2) is 21.7. The Kier molecular flexibility index (Phi) is 12.6. The SMILES string of the molecule is N#Cc1cc(-n2c3ccccc3c3cc(-c4nc(-c5ccccc5)nc(-c5ccccc5)n4)ccc32)c(-n2c3ccccc3c3cc(-c4nc(-c5ccccc5)nc(-c5ccccc5)n4)ccc32)cc1-c1nc(-c2ccccc2)cc(-c2ccccc2)n1. The van der Waals surface area contributed by atoms with E-state index in [0.29, 0.717) is 51.9 Å². The number of hydrogen-bond donors (Lipinski definition) is 0. The summed E-state index contributed by atoms with van der Waals surface area (Å²) in [7, 11) is 0. The molecule has 0 amide bonds. The minimum atomic E-state index is 0.402. The summed E-state index contributed by atoms with van der Waals surface area (Å²) in [6.45, 7) is 0. The minimum absolute atomic E-state index is 0.402. The molecule has 11 aromatic carbocycles. The molecule has 0 aliphatic rings. The van der Waals surface area contributed by atoms with Crippen molar-refractivity contribution in [3.8, 4) is 120 Å². The van der Waals surface area contributed by atoms with Gasteiger partial charge >= 0.3 is 0 Å². The van der Waals surface area contributed by atoms with Crippen molar-refractivity contribution in [2.24, 2.45) is 0 Å². The molecule has 11 nitrogen and oxygen atoms in total. The first-order valence-corrected chi connectivity index (χ1v) is 29.0. The number of benzene rings is 11. The van der Waals surface area contributed by atoms with Crippen molar-refractivity contribution in [2.45, 2.75) is 0 Å². The fourth-order valence-corrected chi connectivity index (χ4v) is 11.9. The Morgan fingerprint density at radius 3 is 0.909 bits per heavy atom. The van der Waals surface area contributed by atoms with Crippen LogP contribution in [0.5, 0.6) is 0 Å². The number of nitrogens with zero attached hydrogens (tertiary/aromatic N) is 11. The highest BCUT2D eigenvalue weighted by Gasteiger charge is 2.26. The molecule has 16 aromatic rings. The summed E-state index contributed by atoms with van der Waals surface area (Å²) in [5.41, 5.74) is 14.8. The van der Waals surface area contributed by atoms with E-state index in [1.165, 1.54) is 0 Å². The predicted octanol–water partition coefficient (Wildman–Crippen LogP) is 17.9. The van der Waals surface area contributed by atoms with Crippen molar-refractivity contribution in [1.82, 2.24) is 49.0 Å². The molecule has 0 unspecified atom stereocenters. The van der Waals surface area contributed by atoms with Gasteiger partial charge in [-0.15, -0.1) is 0 Å². The summed E-state index contributed by atoms with van der Waals surface area (Å²) >= 11 is 0. The Morgan fingerprint density at radius 1 is 0.239 bits per heavy atom. The average molecular weight is 1130 g/mol. The van der Waals surface area contributed by atoms with Gasteiger partial charge in [-0.1, -0.05) is 218 Å². The van der Waals surface area contributed by atoms with Crippen LogP contribution in [0.15, 0.2) is 285 Å². The molecule has 0 aliphatic carbocycles. The third-order valence-electron chi connectivity index (χ3n) is 16.1. The number of para-hydroxylation sites is 2. The van der Waals surface area contributed by atoms with Crippen LogP contribution in [0.3, 0.4) is 0 Å². The molecule has 0 radical (unpaired) electrons. The lowest BCUT2D eigenvalue weighted by atomic mass is 10.0. The predicted molar refractivity (Wildman–Crippen MR) is 351 cm³/mol. The van der Waals surface area contributed by atoms with Gasteiger partial charge in [-0.2, -0.15) is 5.26 Å². The lowest BCUT2D eigenvalue weighted by molar-refractivity contribution is 1.07. The van der Waals surface area contributed by atoms with Gasteiger partial charge in [-0.05, 0) is 66.7 Å². The van der Waals surface area contributed by atoms with Gasteiger partial charge in [0.1, 0.15) is 0 Å². The second-order valence-electron chi connectivity index (χ2n) is 21.4. The van der Waals surface area contributed by atoms with E-state index in [4.69, 9.17) is 39.9 Å². The number of nitriles is 1. The Bertz CT molecular complexity index is 5200. The summed E-state index contributed by atoms with van der Waals surface area (Å²) in [6.07, 6.45) is 0. The lowest BCUT2D eigenvalue weighted by Gasteiger charge is -2.19. The van der Waals surface area contributed by atoms with Crippen molar-refractivity contribution < 1.29 is 0 Å². The van der Waals surface area contributed by atoms with E-state index in [-0.39, 0.29) is 0 Å². The molecule has 0 fully saturated rings. The highest BCUT2D eigenvalue weighted by Crippen LogP contribution is 2.43. The monoisotopic (exact) mass is 1130 g/mol. The molecular formula is C77H47N11. The van der Waals surface area contributed by atoms with Crippen LogP contribution in [-0.4, -0.2) is 49.0 Å². The molecule has 0 aliphatic heterocycles. The maximum atomic E-state index is 11.6. The normalized spacial score (nSPS) is 11.4. The van der Waals surface area contributed by atoms with Gasteiger partial charge in [0.2, 0.25) is 0 Å². The first-order valence-electron chi connectivity index (χ1n) is 29.0. The van der Waals surface area contributed by atoms with Gasteiger partial charge in [-0.25, -0.2) is 39.9 Å². The molecule has 5 heterocycles. The zero-order valence-electron chi connectivity index (χ0n) is 47.1. The summed E-state index contributed by atoms with van der Waals surface area (Å²) in [5.74, 6) is 3.83. The second-order valence-corrected chi connectivity index (χ2v) is 21.4. The van der Waals surface area contributed by atoms with Crippen LogP contribution in [-0.2, 0) is 0 Å². The van der Waals surface area contributed by atoms with Crippen LogP contribution in [0.4, 0.5) is 0 Å². The first kappa shape index (κ1) is 51.3. The summed E-state index contributed by atoms with van der Waals surface area (Å²) in [6, 6.07) is 98.8.